The zero-order valence-corrected chi connectivity index (χ0v) is 13.7. The van der Waals surface area contributed by atoms with Gasteiger partial charge in [0.25, 0.3) is 5.56 Å². The quantitative estimate of drug-likeness (QED) is 0.749. The fourth-order valence-corrected chi connectivity index (χ4v) is 2.99. The molecule has 118 valence electrons. The summed E-state index contributed by atoms with van der Waals surface area (Å²) in [6.07, 6.45) is 3.39. The zero-order chi connectivity index (χ0) is 16.7. The second-order valence-corrected chi connectivity index (χ2v) is 5.73. The number of aromatic nitrogens is 4. The molecule has 2 heterocycles. The van der Waals surface area contributed by atoms with Crippen LogP contribution >= 0.6 is 11.6 Å². The third-order valence-electron chi connectivity index (χ3n) is 3.75. The van der Waals surface area contributed by atoms with Gasteiger partial charge in [-0.3, -0.25) is 19.4 Å². The number of hydrogen-bond acceptors (Lipinski definition) is 3. The van der Waals surface area contributed by atoms with Crippen molar-refractivity contribution in [2.45, 2.75) is 13.8 Å². The molecule has 6 nitrogen and oxygen atoms in total. The molecule has 2 aromatic heterocycles. The van der Waals surface area contributed by atoms with E-state index in [2.05, 4.69) is 10.2 Å². The van der Waals surface area contributed by atoms with E-state index in [0.717, 1.165) is 5.56 Å². The molecule has 0 spiro atoms. The zero-order valence-electron chi connectivity index (χ0n) is 12.9. The van der Waals surface area contributed by atoms with Crippen LogP contribution in [0.3, 0.4) is 0 Å². The molecule has 3 rings (SSSR count). The molecule has 0 atom stereocenters. The first-order valence-electron chi connectivity index (χ1n) is 7.01. The first-order valence-corrected chi connectivity index (χ1v) is 7.39. The Hall–Kier alpha value is -2.60. The van der Waals surface area contributed by atoms with E-state index in [-0.39, 0.29) is 21.7 Å². The molecule has 0 unspecified atom stereocenters. The number of benzene rings is 1. The summed E-state index contributed by atoms with van der Waals surface area (Å²) in [6.45, 7) is 3.57. The minimum atomic E-state index is -0.400. The summed E-state index contributed by atoms with van der Waals surface area (Å²) in [5.41, 5.74) is 2.04. The lowest BCUT2D eigenvalue weighted by Gasteiger charge is -2.12. The molecule has 0 bridgehead atoms. The third kappa shape index (κ3) is 2.41. The molecule has 0 aliphatic carbocycles. The summed E-state index contributed by atoms with van der Waals surface area (Å²) in [5.74, 6) is -0.400. The van der Waals surface area contributed by atoms with Crippen molar-refractivity contribution in [3.05, 3.63) is 68.4 Å². The van der Waals surface area contributed by atoms with E-state index in [1.54, 1.807) is 49.2 Å². The number of aromatic amines is 1. The highest BCUT2D eigenvalue weighted by molar-refractivity contribution is 6.36. The van der Waals surface area contributed by atoms with Crippen LogP contribution in [-0.2, 0) is 7.05 Å². The maximum Gasteiger partial charge on any atom is 0.277 e. The predicted octanol–water partition coefficient (Wildman–Crippen LogP) is 2.40. The Morgan fingerprint density at radius 3 is 2.61 bits per heavy atom. The molecule has 3 aromatic rings. The number of carbonyl (C=O) groups excluding carboxylic acids is 1. The molecule has 23 heavy (non-hydrogen) atoms. The Bertz CT molecular complexity index is 951. The Labute approximate surface area is 137 Å². The number of rotatable bonds is 3. The van der Waals surface area contributed by atoms with E-state index in [4.69, 9.17) is 11.6 Å². The van der Waals surface area contributed by atoms with Crippen molar-refractivity contribution in [3.63, 3.8) is 0 Å². The van der Waals surface area contributed by atoms with Gasteiger partial charge in [-0.2, -0.15) is 5.10 Å². The largest absolute Gasteiger partial charge is 0.299 e. The van der Waals surface area contributed by atoms with Crippen molar-refractivity contribution in [2.24, 2.45) is 7.05 Å². The Morgan fingerprint density at radius 2 is 2.04 bits per heavy atom. The van der Waals surface area contributed by atoms with E-state index in [0.29, 0.717) is 11.4 Å². The van der Waals surface area contributed by atoms with Gasteiger partial charge in [0, 0.05) is 30.7 Å². The van der Waals surface area contributed by atoms with Gasteiger partial charge in [-0.05, 0) is 31.5 Å². The summed E-state index contributed by atoms with van der Waals surface area (Å²) >= 11 is 6.46. The molecule has 1 N–H and O–H groups in total. The Balaban J connectivity index is 2.20. The van der Waals surface area contributed by atoms with Crippen molar-refractivity contribution in [2.75, 3.05) is 0 Å². The third-order valence-corrected chi connectivity index (χ3v) is 4.13. The van der Waals surface area contributed by atoms with Gasteiger partial charge in [-0.25, -0.2) is 4.68 Å². The van der Waals surface area contributed by atoms with Crippen molar-refractivity contribution >= 4 is 17.4 Å². The van der Waals surface area contributed by atoms with Gasteiger partial charge >= 0.3 is 0 Å². The first-order chi connectivity index (χ1) is 10.9. The number of halogens is 1. The number of nitrogens with zero attached hydrogens (tertiary/aromatic N) is 3. The van der Waals surface area contributed by atoms with Crippen LogP contribution in [0.25, 0.3) is 5.69 Å². The summed E-state index contributed by atoms with van der Waals surface area (Å²) < 4.78 is 2.88. The summed E-state index contributed by atoms with van der Waals surface area (Å²) in [4.78, 5) is 25.0. The second-order valence-electron chi connectivity index (χ2n) is 5.35. The smallest absolute Gasteiger partial charge is 0.277 e. The van der Waals surface area contributed by atoms with Crippen LogP contribution in [0.1, 0.15) is 27.2 Å². The molecule has 0 aliphatic heterocycles. The monoisotopic (exact) mass is 330 g/mol. The van der Waals surface area contributed by atoms with Gasteiger partial charge in [-0.15, -0.1) is 0 Å². The number of H-pyrrole nitrogens is 1. The maximum atomic E-state index is 12.8. The van der Waals surface area contributed by atoms with Gasteiger partial charge in [0.2, 0.25) is 5.78 Å². The molecule has 0 saturated heterocycles. The lowest BCUT2D eigenvalue weighted by Crippen LogP contribution is -2.20. The minimum absolute atomic E-state index is 0.102. The SMILES string of the molecule is Cc1ccc(C(=O)c2c(C)[nH]n(C)c2=O)c(Cl)c1-n1cccn1. The van der Waals surface area contributed by atoms with E-state index >= 15 is 0 Å². The number of nitrogens with one attached hydrogen (secondary N) is 1. The van der Waals surface area contributed by atoms with Crippen LogP contribution in [0.5, 0.6) is 0 Å². The van der Waals surface area contributed by atoms with Crippen molar-refractivity contribution in [1.29, 1.82) is 0 Å². The first kappa shape index (κ1) is 15.3. The number of aryl methyl sites for hydroxylation is 3. The molecular weight excluding hydrogens is 316 g/mol. The molecule has 0 amide bonds. The van der Waals surface area contributed by atoms with Gasteiger partial charge in [-0.1, -0.05) is 17.7 Å². The Morgan fingerprint density at radius 1 is 1.30 bits per heavy atom. The summed E-state index contributed by atoms with van der Waals surface area (Å²) in [6, 6.07) is 5.21. The van der Waals surface area contributed by atoms with E-state index < -0.39 is 5.78 Å². The number of carbonyl (C=O) groups is 1. The molecule has 0 saturated carbocycles. The van der Waals surface area contributed by atoms with Crippen molar-refractivity contribution in [1.82, 2.24) is 19.6 Å². The second kappa shape index (κ2) is 5.55. The normalized spacial score (nSPS) is 11.0. The average molecular weight is 331 g/mol. The topological polar surface area (TPSA) is 72.7 Å². The molecule has 0 fully saturated rings. The summed E-state index contributed by atoms with van der Waals surface area (Å²) in [5, 5.41) is 7.27. The van der Waals surface area contributed by atoms with E-state index in [9.17, 15) is 9.59 Å². The van der Waals surface area contributed by atoms with Crippen molar-refractivity contribution in [3.8, 4) is 5.69 Å². The van der Waals surface area contributed by atoms with E-state index in [1.165, 1.54) is 4.68 Å². The van der Waals surface area contributed by atoms with Crippen LogP contribution in [0.2, 0.25) is 5.02 Å². The average Bonchev–Trinajstić information content (AvgIpc) is 3.08. The van der Waals surface area contributed by atoms with Gasteiger partial charge < -0.3 is 0 Å². The molecule has 1 aromatic carbocycles. The van der Waals surface area contributed by atoms with Crippen LogP contribution in [0.4, 0.5) is 0 Å². The fraction of sp³-hybridized carbons (Fsp3) is 0.188. The number of ketones is 1. The van der Waals surface area contributed by atoms with Gasteiger partial charge in [0.1, 0.15) is 5.56 Å². The van der Waals surface area contributed by atoms with Crippen LogP contribution in [-0.4, -0.2) is 25.3 Å². The molecular formula is C16H15ClN4O2. The lowest BCUT2D eigenvalue weighted by molar-refractivity contribution is 0.103. The number of hydrogen-bond donors (Lipinski definition) is 1. The van der Waals surface area contributed by atoms with Gasteiger partial charge in [0.05, 0.1) is 10.7 Å². The molecule has 0 aliphatic rings. The van der Waals surface area contributed by atoms with E-state index in [1.807, 2.05) is 6.92 Å². The van der Waals surface area contributed by atoms with Crippen LogP contribution in [0.15, 0.2) is 35.4 Å². The Kier molecular flexibility index (Phi) is 3.69. The predicted molar refractivity (Wildman–Crippen MR) is 87.5 cm³/mol. The maximum absolute atomic E-state index is 12.8. The lowest BCUT2D eigenvalue weighted by atomic mass is 10.0. The van der Waals surface area contributed by atoms with Crippen LogP contribution < -0.4 is 5.56 Å². The molecule has 0 radical (unpaired) electrons. The summed E-state index contributed by atoms with van der Waals surface area (Å²) in [7, 11) is 1.57. The highest BCUT2D eigenvalue weighted by atomic mass is 35.5. The standard InChI is InChI=1S/C16H15ClN4O2/c1-9-5-6-11(13(17)14(9)21-8-4-7-18-21)15(22)12-10(2)19-20(3)16(12)23/h4-8,19H,1-3H3. The highest BCUT2D eigenvalue weighted by Gasteiger charge is 2.23. The van der Waals surface area contributed by atoms with Crippen molar-refractivity contribution < 1.29 is 4.79 Å². The molecule has 7 heteroatoms. The van der Waals surface area contributed by atoms with Gasteiger partial charge in [0.15, 0.2) is 0 Å². The minimum Gasteiger partial charge on any atom is -0.299 e. The fourth-order valence-electron chi connectivity index (χ4n) is 2.61. The van der Waals surface area contributed by atoms with Crippen LogP contribution in [0, 0.1) is 13.8 Å². The highest BCUT2D eigenvalue weighted by Crippen LogP contribution is 2.29.